The first-order valence-electron chi connectivity index (χ1n) is 4.00. The Kier molecular flexibility index (Phi) is 2.69. The van der Waals surface area contributed by atoms with Crippen molar-refractivity contribution < 1.29 is 0 Å². The Morgan fingerprint density at radius 1 is 1.21 bits per heavy atom. The fourth-order valence-corrected chi connectivity index (χ4v) is 1.35. The molecule has 0 unspecified atom stereocenters. The molecule has 14 heavy (non-hydrogen) atoms. The van der Waals surface area contributed by atoms with Crippen LogP contribution in [0.1, 0.15) is 5.56 Å². The van der Waals surface area contributed by atoms with E-state index in [9.17, 15) is 0 Å². The summed E-state index contributed by atoms with van der Waals surface area (Å²) in [4.78, 5) is 0. The Morgan fingerprint density at radius 2 is 1.93 bits per heavy atom. The summed E-state index contributed by atoms with van der Waals surface area (Å²) < 4.78 is 2.55. The SMILES string of the molecule is Brc1ccccc1C=Nn1cnnc1. The third-order valence-corrected chi connectivity index (χ3v) is 2.36. The first-order valence-corrected chi connectivity index (χ1v) is 4.79. The summed E-state index contributed by atoms with van der Waals surface area (Å²) in [5, 5.41) is 11.4. The minimum atomic E-state index is 1.01. The number of rotatable bonds is 2. The molecule has 1 aromatic heterocycles. The average Bonchev–Trinajstić information content (AvgIpc) is 2.69. The number of aromatic nitrogens is 3. The fourth-order valence-electron chi connectivity index (χ4n) is 0.964. The maximum absolute atomic E-state index is 4.13. The van der Waals surface area contributed by atoms with Gasteiger partial charge in [0.25, 0.3) is 0 Å². The molecule has 1 aromatic carbocycles. The molecular formula is C9H7BrN4. The van der Waals surface area contributed by atoms with E-state index < -0.39 is 0 Å². The molecule has 0 aliphatic rings. The number of hydrogen-bond donors (Lipinski definition) is 0. The molecule has 0 amide bonds. The van der Waals surface area contributed by atoms with Crippen molar-refractivity contribution in [1.29, 1.82) is 0 Å². The van der Waals surface area contributed by atoms with Gasteiger partial charge in [0.05, 0.1) is 6.21 Å². The monoisotopic (exact) mass is 250 g/mol. The molecule has 0 saturated heterocycles. The normalized spacial score (nSPS) is 10.9. The second-order valence-electron chi connectivity index (χ2n) is 2.61. The highest BCUT2D eigenvalue weighted by Gasteiger charge is 1.93. The summed E-state index contributed by atoms with van der Waals surface area (Å²) >= 11 is 3.43. The molecule has 0 spiro atoms. The van der Waals surface area contributed by atoms with Crippen molar-refractivity contribution in [3.8, 4) is 0 Å². The van der Waals surface area contributed by atoms with Gasteiger partial charge in [0, 0.05) is 10.0 Å². The predicted molar refractivity (Wildman–Crippen MR) is 57.2 cm³/mol. The summed E-state index contributed by atoms with van der Waals surface area (Å²) in [7, 11) is 0. The van der Waals surface area contributed by atoms with Gasteiger partial charge >= 0.3 is 0 Å². The lowest BCUT2D eigenvalue weighted by atomic mass is 10.2. The molecule has 2 aromatic rings. The van der Waals surface area contributed by atoms with Crippen molar-refractivity contribution in [2.45, 2.75) is 0 Å². The number of benzene rings is 1. The van der Waals surface area contributed by atoms with Crippen LogP contribution in [-0.2, 0) is 0 Å². The highest BCUT2D eigenvalue weighted by molar-refractivity contribution is 9.10. The van der Waals surface area contributed by atoms with Crippen molar-refractivity contribution in [3.05, 3.63) is 47.0 Å². The van der Waals surface area contributed by atoms with Gasteiger partial charge < -0.3 is 0 Å². The topological polar surface area (TPSA) is 43.1 Å². The Morgan fingerprint density at radius 3 is 2.64 bits per heavy atom. The lowest BCUT2D eigenvalue weighted by Gasteiger charge is -1.95. The molecule has 70 valence electrons. The van der Waals surface area contributed by atoms with Crippen LogP contribution in [0.3, 0.4) is 0 Å². The predicted octanol–water partition coefficient (Wildman–Crippen LogP) is 1.92. The summed E-state index contributed by atoms with van der Waals surface area (Å²) in [5.74, 6) is 0. The second kappa shape index (κ2) is 4.15. The Hall–Kier alpha value is -1.49. The maximum Gasteiger partial charge on any atom is 0.141 e. The van der Waals surface area contributed by atoms with E-state index >= 15 is 0 Å². The number of nitrogens with zero attached hydrogens (tertiary/aromatic N) is 4. The molecule has 0 N–H and O–H groups in total. The van der Waals surface area contributed by atoms with Crippen LogP contribution in [0.5, 0.6) is 0 Å². The van der Waals surface area contributed by atoms with Gasteiger partial charge in [-0.25, -0.2) is 4.68 Å². The van der Waals surface area contributed by atoms with E-state index in [1.165, 1.54) is 12.7 Å². The molecule has 0 fully saturated rings. The van der Waals surface area contributed by atoms with Gasteiger partial charge in [0.15, 0.2) is 0 Å². The van der Waals surface area contributed by atoms with Crippen LogP contribution >= 0.6 is 15.9 Å². The molecular weight excluding hydrogens is 244 g/mol. The van der Waals surface area contributed by atoms with Crippen molar-refractivity contribution in [3.63, 3.8) is 0 Å². The Bertz CT molecular complexity index is 436. The van der Waals surface area contributed by atoms with Crippen LogP contribution in [0.15, 0.2) is 46.5 Å². The van der Waals surface area contributed by atoms with Gasteiger partial charge in [-0.1, -0.05) is 34.1 Å². The summed E-state index contributed by atoms with van der Waals surface area (Å²) in [5.41, 5.74) is 1.02. The zero-order valence-electron chi connectivity index (χ0n) is 7.21. The Balaban J connectivity index is 2.23. The van der Waals surface area contributed by atoms with Crippen molar-refractivity contribution in [1.82, 2.24) is 14.9 Å². The number of halogens is 1. The molecule has 0 bridgehead atoms. The maximum atomic E-state index is 4.13. The molecule has 5 heteroatoms. The molecule has 1 heterocycles. The van der Waals surface area contributed by atoms with Crippen LogP contribution in [0.25, 0.3) is 0 Å². The summed E-state index contributed by atoms with van der Waals surface area (Å²) in [6.07, 6.45) is 4.81. The number of hydrogen-bond acceptors (Lipinski definition) is 3. The fraction of sp³-hybridized carbons (Fsp3) is 0. The van der Waals surface area contributed by atoms with E-state index in [-0.39, 0.29) is 0 Å². The summed E-state index contributed by atoms with van der Waals surface area (Å²) in [6.45, 7) is 0. The highest BCUT2D eigenvalue weighted by Crippen LogP contribution is 2.13. The molecule has 0 aliphatic carbocycles. The van der Waals surface area contributed by atoms with Gasteiger partial charge in [0.1, 0.15) is 12.7 Å². The smallest absolute Gasteiger partial charge is 0.141 e. The van der Waals surface area contributed by atoms with E-state index in [0.29, 0.717) is 0 Å². The van der Waals surface area contributed by atoms with Gasteiger partial charge in [-0.05, 0) is 6.07 Å². The summed E-state index contributed by atoms with van der Waals surface area (Å²) in [6, 6.07) is 7.85. The van der Waals surface area contributed by atoms with Gasteiger partial charge in [-0.15, -0.1) is 10.2 Å². The zero-order chi connectivity index (χ0) is 9.80. The molecule has 0 radical (unpaired) electrons. The quantitative estimate of drug-likeness (QED) is 0.765. The van der Waals surface area contributed by atoms with Crippen LogP contribution in [-0.4, -0.2) is 21.1 Å². The van der Waals surface area contributed by atoms with Crippen molar-refractivity contribution in [2.24, 2.45) is 5.10 Å². The minimum absolute atomic E-state index is 1.01. The molecule has 2 rings (SSSR count). The van der Waals surface area contributed by atoms with Crippen LogP contribution in [0, 0.1) is 0 Å². The molecule has 0 atom stereocenters. The van der Waals surface area contributed by atoms with E-state index in [4.69, 9.17) is 0 Å². The zero-order valence-corrected chi connectivity index (χ0v) is 8.79. The third-order valence-electron chi connectivity index (χ3n) is 1.64. The first kappa shape index (κ1) is 9.08. The van der Waals surface area contributed by atoms with Crippen molar-refractivity contribution >= 4 is 22.1 Å². The minimum Gasteiger partial charge on any atom is -0.208 e. The molecule has 4 nitrogen and oxygen atoms in total. The highest BCUT2D eigenvalue weighted by atomic mass is 79.9. The van der Waals surface area contributed by atoms with Crippen LogP contribution in [0.2, 0.25) is 0 Å². The van der Waals surface area contributed by atoms with Crippen molar-refractivity contribution in [2.75, 3.05) is 0 Å². The average molecular weight is 251 g/mol. The third kappa shape index (κ3) is 2.05. The van der Waals surface area contributed by atoms with Crippen LogP contribution < -0.4 is 0 Å². The first-order chi connectivity index (χ1) is 6.86. The molecule has 0 aliphatic heterocycles. The van der Waals surface area contributed by atoms with Gasteiger partial charge in [-0.3, -0.25) is 0 Å². The van der Waals surface area contributed by atoms with E-state index in [2.05, 4.69) is 31.2 Å². The lowest BCUT2D eigenvalue weighted by molar-refractivity contribution is 0.878. The standard InChI is InChI=1S/C9H7BrN4/c10-9-4-2-1-3-8(9)5-13-14-6-11-12-7-14/h1-7H. The Labute approximate surface area is 89.4 Å². The van der Waals surface area contributed by atoms with Gasteiger partial charge in [-0.2, -0.15) is 5.10 Å². The van der Waals surface area contributed by atoms with Gasteiger partial charge in [0.2, 0.25) is 0 Å². The van der Waals surface area contributed by atoms with Crippen LogP contribution in [0.4, 0.5) is 0 Å². The van der Waals surface area contributed by atoms with E-state index in [1.54, 1.807) is 10.9 Å². The van der Waals surface area contributed by atoms with E-state index in [1.807, 2.05) is 24.3 Å². The second-order valence-corrected chi connectivity index (χ2v) is 3.46. The molecule has 0 saturated carbocycles. The van der Waals surface area contributed by atoms with E-state index in [0.717, 1.165) is 10.0 Å². The largest absolute Gasteiger partial charge is 0.208 e. The lowest BCUT2D eigenvalue weighted by Crippen LogP contribution is -1.87.